The lowest BCUT2D eigenvalue weighted by molar-refractivity contribution is -0.141. The number of para-hydroxylation sites is 1. The van der Waals surface area contributed by atoms with Crippen LogP contribution in [-0.4, -0.2) is 54.3 Å². The fourth-order valence-corrected chi connectivity index (χ4v) is 2.69. The number of amides is 2. The van der Waals surface area contributed by atoms with E-state index in [1.165, 1.54) is 0 Å². The standard InChI is InChI=1S/C18H27N3O2/c1-14-7-5-6-8-15(14)19-16(22)13-20-9-11-21(12-10-20)17(23)18(2,3)4/h5-8H,9-13H2,1-4H3,(H,19,22). The molecule has 0 bridgehead atoms. The van der Waals surface area contributed by atoms with E-state index in [2.05, 4.69) is 10.2 Å². The topological polar surface area (TPSA) is 52.7 Å². The van der Waals surface area contributed by atoms with Gasteiger partial charge in [-0.1, -0.05) is 39.0 Å². The molecule has 1 aliphatic heterocycles. The van der Waals surface area contributed by atoms with Crippen LogP contribution in [-0.2, 0) is 9.59 Å². The second-order valence-electron chi connectivity index (χ2n) is 7.18. The Morgan fingerprint density at radius 1 is 1.09 bits per heavy atom. The van der Waals surface area contributed by atoms with Gasteiger partial charge in [-0.3, -0.25) is 14.5 Å². The maximum Gasteiger partial charge on any atom is 0.238 e. The minimum absolute atomic E-state index is 0.00472. The highest BCUT2D eigenvalue weighted by Gasteiger charge is 2.29. The molecular weight excluding hydrogens is 290 g/mol. The van der Waals surface area contributed by atoms with Gasteiger partial charge < -0.3 is 10.2 Å². The maximum atomic E-state index is 12.3. The summed E-state index contributed by atoms with van der Waals surface area (Å²) in [5, 5.41) is 2.95. The molecule has 1 aliphatic rings. The lowest BCUT2D eigenvalue weighted by Crippen LogP contribution is -2.52. The minimum Gasteiger partial charge on any atom is -0.340 e. The zero-order valence-electron chi connectivity index (χ0n) is 14.6. The highest BCUT2D eigenvalue weighted by molar-refractivity contribution is 5.93. The number of nitrogens with one attached hydrogen (secondary N) is 1. The van der Waals surface area contributed by atoms with Gasteiger partial charge >= 0.3 is 0 Å². The van der Waals surface area contributed by atoms with E-state index in [1.54, 1.807) is 0 Å². The lowest BCUT2D eigenvalue weighted by Gasteiger charge is -2.37. The second kappa shape index (κ2) is 7.13. The first-order valence-electron chi connectivity index (χ1n) is 8.14. The number of hydrogen-bond donors (Lipinski definition) is 1. The first-order chi connectivity index (χ1) is 10.8. The van der Waals surface area contributed by atoms with Gasteiger partial charge in [-0.05, 0) is 18.6 Å². The van der Waals surface area contributed by atoms with Gasteiger partial charge in [-0.25, -0.2) is 0 Å². The highest BCUT2D eigenvalue weighted by Crippen LogP contribution is 2.18. The van der Waals surface area contributed by atoms with Crippen LogP contribution in [0.25, 0.3) is 0 Å². The third-order valence-corrected chi connectivity index (χ3v) is 4.09. The SMILES string of the molecule is Cc1ccccc1NC(=O)CN1CCN(C(=O)C(C)(C)C)CC1. The van der Waals surface area contributed by atoms with Crippen molar-refractivity contribution in [2.45, 2.75) is 27.7 Å². The van der Waals surface area contributed by atoms with Gasteiger partial charge in [0, 0.05) is 37.3 Å². The minimum atomic E-state index is -0.343. The Morgan fingerprint density at radius 2 is 1.70 bits per heavy atom. The van der Waals surface area contributed by atoms with Crippen molar-refractivity contribution >= 4 is 17.5 Å². The van der Waals surface area contributed by atoms with Gasteiger partial charge in [0.25, 0.3) is 0 Å². The van der Waals surface area contributed by atoms with Gasteiger partial charge in [0.2, 0.25) is 11.8 Å². The molecule has 0 radical (unpaired) electrons. The molecule has 0 spiro atoms. The Morgan fingerprint density at radius 3 is 2.26 bits per heavy atom. The Bertz CT molecular complexity index is 570. The first-order valence-corrected chi connectivity index (χ1v) is 8.14. The Hall–Kier alpha value is -1.88. The molecular formula is C18H27N3O2. The van der Waals surface area contributed by atoms with E-state index >= 15 is 0 Å². The van der Waals surface area contributed by atoms with E-state index in [9.17, 15) is 9.59 Å². The monoisotopic (exact) mass is 317 g/mol. The number of carbonyl (C=O) groups excluding carboxylic acids is 2. The summed E-state index contributed by atoms with van der Waals surface area (Å²) in [7, 11) is 0. The fraction of sp³-hybridized carbons (Fsp3) is 0.556. The van der Waals surface area contributed by atoms with Gasteiger partial charge in [-0.15, -0.1) is 0 Å². The van der Waals surface area contributed by atoms with E-state index in [-0.39, 0.29) is 17.2 Å². The molecule has 23 heavy (non-hydrogen) atoms. The summed E-state index contributed by atoms with van der Waals surface area (Å²) < 4.78 is 0. The Kier molecular flexibility index (Phi) is 5.42. The number of nitrogens with zero attached hydrogens (tertiary/aromatic N) is 2. The summed E-state index contributed by atoms with van der Waals surface area (Å²) in [6, 6.07) is 7.76. The maximum absolute atomic E-state index is 12.3. The molecule has 0 unspecified atom stereocenters. The molecule has 2 amide bonds. The van der Waals surface area contributed by atoms with Gasteiger partial charge in [0.1, 0.15) is 0 Å². The van der Waals surface area contributed by atoms with Crippen molar-refractivity contribution < 1.29 is 9.59 Å². The Labute approximate surface area is 138 Å². The quantitative estimate of drug-likeness (QED) is 0.929. The third-order valence-electron chi connectivity index (χ3n) is 4.09. The van der Waals surface area contributed by atoms with Crippen LogP contribution in [0.15, 0.2) is 24.3 Å². The average Bonchev–Trinajstić information content (AvgIpc) is 2.49. The normalized spacial score (nSPS) is 16.3. The van der Waals surface area contributed by atoms with Crippen LogP contribution < -0.4 is 5.32 Å². The van der Waals surface area contributed by atoms with Crippen LogP contribution in [0.3, 0.4) is 0 Å². The molecule has 0 atom stereocenters. The van der Waals surface area contributed by atoms with Crippen LogP contribution in [0.2, 0.25) is 0 Å². The molecule has 1 saturated heterocycles. The predicted octanol–water partition coefficient (Wildman–Crippen LogP) is 2.12. The Balaban J connectivity index is 1.81. The largest absolute Gasteiger partial charge is 0.340 e. The van der Waals surface area contributed by atoms with Crippen molar-refractivity contribution in [2.24, 2.45) is 5.41 Å². The molecule has 1 aromatic carbocycles. The molecule has 5 heteroatoms. The van der Waals surface area contributed by atoms with E-state index in [1.807, 2.05) is 56.9 Å². The van der Waals surface area contributed by atoms with Crippen LogP contribution >= 0.6 is 0 Å². The predicted molar refractivity (Wildman–Crippen MR) is 92.3 cm³/mol. The summed E-state index contributed by atoms with van der Waals surface area (Å²) in [5.74, 6) is 0.177. The van der Waals surface area contributed by atoms with Crippen LogP contribution in [0.4, 0.5) is 5.69 Å². The fourth-order valence-electron chi connectivity index (χ4n) is 2.69. The number of anilines is 1. The number of rotatable bonds is 3. The molecule has 126 valence electrons. The summed E-state index contributed by atoms with van der Waals surface area (Å²) in [6.45, 7) is 11.0. The zero-order valence-corrected chi connectivity index (χ0v) is 14.6. The molecule has 0 aromatic heterocycles. The number of piperazine rings is 1. The molecule has 1 N–H and O–H groups in total. The van der Waals surface area contributed by atoms with Gasteiger partial charge in [0.05, 0.1) is 6.54 Å². The molecule has 0 saturated carbocycles. The van der Waals surface area contributed by atoms with Crippen molar-refractivity contribution in [2.75, 3.05) is 38.0 Å². The van der Waals surface area contributed by atoms with Crippen molar-refractivity contribution in [1.29, 1.82) is 0 Å². The van der Waals surface area contributed by atoms with E-state index in [0.717, 1.165) is 24.3 Å². The summed E-state index contributed by atoms with van der Waals surface area (Å²) in [5.41, 5.74) is 1.57. The van der Waals surface area contributed by atoms with Crippen molar-refractivity contribution in [1.82, 2.24) is 9.80 Å². The number of aryl methyl sites for hydroxylation is 1. The van der Waals surface area contributed by atoms with Crippen molar-refractivity contribution in [3.63, 3.8) is 0 Å². The van der Waals surface area contributed by atoms with Gasteiger partial charge in [-0.2, -0.15) is 0 Å². The number of benzene rings is 1. The van der Waals surface area contributed by atoms with Gasteiger partial charge in [0.15, 0.2) is 0 Å². The second-order valence-corrected chi connectivity index (χ2v) is 7.18. The molecule has 2 rings (SSSR count). The van der Waals surface area contributed by atoms with E-state index in [4.69, 9.17) is 0 Å². The van der Waals surface area contributed by atoms with Crippen molar-refractivity contribution in [3.05, 3.63) is 29.8 Å². The highest BCUT2D eigenvalue weighted by atomic mass is 16.2. The van der Waals surface area contributed by atoms with E-state index in [0.29, 0.717) is 19.6 Å². The van der Waals surface area contributed by atoms with E-state index < -0.39 is 0 Å². The number of hydrogen-bond acceptors (Lipinski definition) is 3. The molecule has 1 fully saturated rings. The van der Waals surface area contributed by atoms with Crippen LogP contribution in [0, 0.1) is 12.3 Å². The zero-order chi connectivity index (χ0) is 17.0. The average molecular weight is 317 g/mol. The molecule has 5 nitrogen and oxygen atoms in total. The lowest BCUT2D eigenvalue weighted by atomic mass is 9.94. The molecule has 1 heterocycles. The summed E-state index contributed by atoms with van der Waals surface area (Å²) >= 11 is 0. The summed E-state index contributed by atoms with van der Waals surface area (Å²) in [6.07, 6.45) is 0. The smallest absolute Gasteiger partial charge is 0.238 e. The molecule has 0 aliphatic carbocycles. The summed E-state index contributed by atoms with van der Waals surface area (Å²) in [4.78, 5) is 28.4. The first kappa shape index (κ1) is 17.5. The third kappa shape index (κ3) is 4.79. The van der Waals surface area contributed by atoms with Crippen molar-refractivity contribution in [3.8, 4) is 0 Å². The van der Waals surface area contributed by atoms with Crippen LogP contribution in [0.1, 0.15) is 26.3 Å². The number of carbonyl (C=O) groups is 2. The van der Waals surface area contributed by atoms with Crippen LogP contribution in [0.5, 0.6) is 0 Å². The molecule has 1 aromatic rings.